The van der Waals surface area contributed by atoms with E-state index in [1.807, 2.05) is 18.4 Å². The van der Waals surface area contributed by atoms with Gasteiger partial charge in [-0.2, -0.15) is 0 Å². The maximum absolute atomic E-state index is 10.1. The van der Waals surface area contributed by atoms with E-state index < -0.39 is 6.10 Å². The Morgan fingerprint density at radius 1 is 1.53 bits per heavy atom. The van der Waals surface area contributed by atoms with Gasteiger partial charge in [-0.1, -0.05) is 11.6 Å². The highest BCUT2D eigenvalue weighted by Crippen LogP contribution is 2.38. The number of aliphatic hydroxyl groups excluding tert-OH is 1. The molecule has 0 bridgehead atoms. The summed E-state index contributed by atoms with van der Waals surface area (Å²) in [5.74, 6) is 0. The first-order chi connectivity index (χ1) is 7.09. The minimum absolute atomic E-state index is 0.604. The maximum atomic E-state index is 10.1. The van der Waals surface area contributed by atoms with E-state index in [-0.39, 0.29) is 0 Å². The molecule has 0 radical (unpaired) electrons. The Balaban J connectivity index is 2.36. The predicted octanol–water partition coefficient (Wildman–Crippen LogP) is 4.62. The second kappa shape index (κ2) is 4.55. The lowest BCUT2D eigenvalue weighted by Gasteiger charge is -2.05. The van der Waals surface area contributed by atoms with Gasteiger partial charge in [0.25, 0.3) is 0 Å². The summed E-state index contributed by atoms with van der Waals surface area (Å²) in [7, 11) is 0. The fraction of sp³-hybridized carbons (Fsp3) is 0.200. The van der Waals surface area contributed by atoms with Crippen LogP contribution in [0.25, 0.3) is 0 Å². The molecule has 80 valence electrons. The van der Waals surface area contributed by atoms with Crippen LogP contribution in [0.2, 0.25) is 5.02 Å². The Morgan fingerprint density at radius 3 is 2.73 bits per heavy atom. The Labute approximate surface area is 109 Å². The molecule has 2 aromatic rings. The molecule has 0 aliphatic rings. The quantitative estimate of drug-likeness (QED) is 0.855. The molecule has 2 aromatic heterocycles. The topological polar surface area (TPSA) is 20.2 Å². The number of rotatable bonds is 2. The van der Waals surface area contributed by atoms with Crippen molar-refractivity contribution in [3.8, 4) is 0 Å². The van der Waals surface area contributed by atoms with Crippen LogP contribution in [0.4, 0.5) is 0 Å². The smallest absolute Gasteiger partial charge is 0.124 e. The third kappa shape index (κ3) is 2.29. The zero-order valence-corrected chi connectivity index (χ0v) is 11.8. The molecule has 2 rings (SSSR count). The molecule has 2 heterocycles. The van der Waals surface area contributed by atoms with Crippen molar-refractivity contribution >= 4 is 50.2 Å². The highest BCUT2D eigenvalue weighted by molar-refractivity contribution is 9.11. The van der Waals surface area contributed by atoms with E-state index in [1.165, 1.54) is 11.3 Å². The van der Waals surface area contributed by atoms with Gasteiger partial charge in [-0.15, -0.1) is 22.7 Å². The fourth-order valence-corrected chi connectivity index (χ4v) is 4.05. The van der Waals surface area contributed by atoms with Crippen molar-refractivity contribution in [2.24, 2.45) is 0 Å². The number of hydrogen-bond acceptors (Lipinski definition) is 3. The molecule has 15 heavy (non-hydrogen) atoms. The Morgan fingerprint density at radius 2 is 2.27 bits per heavy atom. The molecular formula is C10H8BrClOS2. The number of thiophene rings is 2. The zero-order valence-electron chi connectivity index (χ0n) is 7.83. The van der Waals surface area contributed by atoms with Crippen molar-refractivity contribution < 1.29 is 5.11 Å². The molecule has 0 aliphatic heterocycles. The van der Waals surface area contributed by atoms with Crippen LogP contribution in [-0.2, 0) is 0 Å². The molecule has 0 saturated carbocycles. The lowest BCUT2D eigenvalue weighted by molar-refractivity contribution is 0.228. The number of halogens is 2. The van der Waals surface area contributed by atoms with Crippen molar-refractivity contribution in [2.75, 3.05) is 0 Å². The van der Waals surface area contributed by atoms with Gasteiger partial charge in [0.15, 0.2) is 0 Å². The Bertz CT molecular complexity index is 458. The van der Waals surface area contributed by atoms with Gasteiger partial charge in [-0.25, -0.2) is 0 Å². The summed E-state index contributed by atoms with van der Waals surface area (Å²) in [6.07, 6.45) is -0.604. The molecule has 0 amide bonds. The SMILES string of the molecule is Cc1cc(C(O)c2sccc2Cl)sc1Br. The molecular weight excluding hydrogens is 316 g/mol. The minimum atomic E-state index is -0.604. The Hall–Kier alpha value is 0.130. The van der Waals surface area contributed by atoms with Crippen LogP contribution < -0.4 is 0 Å². The van der Waals surface area contributed by atoms with E-state index in [0.717, 1.165) is 19.1 Å². The average molecular weight is 324 g/mol. The summed E-state index contributed by atoms with van der Waals surface area (Å²) < 4.78 is 1.06. The summed E-state index contributed by atoms with van der Waals surface area (Å²) in [5.41, 5.74) is 1.14. The lowest BCUT2D eigenvalue weighted by atomic mass is 10.2. The van der Waals surface area contributed by atoms with Gasteiger partial charge >= 0.3 is 0 Å². The van der Waals surface area contributed by atoms with Crippen molar-refractivity contribution in [1.82, 2.24) is 0 Å². The molecule has 0 aliphatic carbocycles. The van der Waals surface area contributed by atoms with E-state index in [9.17, 15) is 5.11 Å². The molecule has 0 saturated heterocycles. The molecule has 5 heteroatoms. The molecule has 0 fully saturated rings. The average Bonchev–Trinajstić information content (AvgIpc) is 2.74. The van der Waals surface area contributed by atoms with Crippen LogP contribution >= 0.6 is 50.2 Å². The van der Waals surface area contributed by atoms with Crippen molar-refractivity contribution in [3.05, 3.63) is 41.6 Å². The summed E-state index contributed by atoms with van der Waals surface area (Å²) in [4.78, 5) is 1.73. The normalized spacial score (nSPS) is 13.1. The second-order valence-electron chi connectivity index (χ2n) is 3.14. The van der Waals surface area contributed by atoms with Gasteiger partial charge in [-0.05, 0) is 45.9 Å². The highest BCUT2D eigenvalue weighted by atomic mass is 79.9. The first-order valence-electron chi connectivity index (χ1n) is 4.26. The van der Waals surface area contributed by atoms with Gasteiger partial charge in [-0.3, -0.25) is 0 Å². The second-order valence-corrected chi connectivity index (χ2v) is 6.90. The molecule has 0 aromatic carbocycles. The first-order valence-corrected chi connectivity index (χ1v) is 7.13. The van der Waals surface area contributed by atoms with E-state index >= 15 is 0 Å². The van der Waals surface area contributed by atoms with Gasteiger partial charge in [0, 0.05) is 4.88 Å². The third-order valence-electron chi connectivity index (χ3n) is 2.04. The monoisotopic (exact) mass is 322 g/mol. The largest absolute Gasteiger partial charge is 0.382 e. The van der Waals surface area contributed by atoms with Crippen LogP contribution in [-0.4, -0.2) is 5.11 Å². The van der Waals surface area contributed by atoms with Gasteiger partial charge in [0.2, 0.25) is 0 Å². The predicted molar refractivity (Wildman–Crippen MR) is 70.1 cm³/mol. The van der Waals surface area contributed by atoms with Crippen molar-refractivity contribution in [1.29, 1.82) is 0 Å². The van der Waals surface area contributed by atoms with Gasteiger partial charge in [0.1, 0.15) is 6.10 Å². The lowest BCUT2D eigenvalue weighted by Crippen LogP contribution is -1.93. The molecule has 1 nitrogen and oxygen atoms in total. The standard InChI is InChI=1S/C10H8BrClOS2/c1-5-4-7(15-10(5)11)8(13)9-6(12)2-3-14-9/h2-4,8,13H,1H3. The maximum Gasteiger partial charge on any atom is 0.124 e. The number of aryl methyl sites for hydroxylation is 1. The summed E-state index contributed by atoms with van der Waals surface area (Å²) in [6.45, 7) is 2.01. The van der Waals surface area contributed by atoms with E-state index in [4.69, 9.17) is 11.6 Å². The molecule has 1 atom stereocenters. The Kier molecular flexibility index (Phi) is 3.52. The fourth-order valence-electron chi connectivity index (χ4n) is 1.25. The number of hydrogen-bond donors (Lipinski definition) is 1. The molecule has 0 spiro atoms. The highest BCUT2D eigenvalue weighted by Gasteiger charge is 2.18. The van der Waals surface area contributed by atoms with Gasteiger partial charge in [0.05, 0.1) is 13.7 Å². The first kappa shape index (κ1) is 11.6. The van der Waals surface area contributed by atoms with E-state index in [1.54, 1.807) is 17.4 Å². The van der Waals surface area contributed by atoms with Crippen LogP contribution in [0.1, 0.15) is 21.4 Å². The third-order valence-corrected chi connectivity index (χ3v) is 5.64. The van der Waals surface area contributed by atoms with Crippen molar-refractivity contribution in [2.45, 2.75) is 13.0 Å². The molecule has 1 N–H and O–H groups in total. The van der Waals surface area contributed by atoms with Crippen LogP contribution in [0.15, 0.2) is 21.3 Å². The summed E-state index contributed by atoms with van der Waals surface area (Å²) in [5, 5.41) is 12.6. The van der Waals surface area contributed by atoms with Crippen LogP contribution in [0.5, 0.6) is 0 Å². The van der Waals surface area contributed by atoms with E-state index in [2.05, 4.69) is 15.9 Å². The zero-order chi connectivity index (χ0) is 11.0. The van der Waals surface area contributed by atoms with Crippen molar-refractivity contribution in [3.63, 3.8) is 0 Å². The van der Waals surface area contributed by atoms with Gasteiger partial charge < -0.3 is 5.11 Å². The molecule has 1 unspecified atom stereocenters. The summed E-state index contributed by atoms with van der Waals surface area (Å²) in [6, 6.07) is 3.79. The van der Waals surface area contributed by atoms with Crippen LogP contribution in [0.3, 0.4) is 0 Å². The van der Waals surface area contributed by atoms with E-state index in [0.29, 0.717) is 5.02 Å². The summed E-state index contributed by atoms with van der Waals surface area (Å²) >= 11 is 12.4. The van der Waals surface area contributed by atoms with Crippen LogP contribution in [0, 0.1) is 6.92 Å². The number of aliphatic hydroxyl groups is 1. The minimum Gasteiger partial charge on any atom is -0.382 e.